The van der Waals surface area contributed by atoms with E-state index in [2.05, 4.69) is 0 Å². The average molecular weight is 219 g/mol. The Morgan fingerprint density at radius 2 is 1.47 bits per heavy atom. The maximum absolute atomic E-state index is 5.91. The minimum atomic E-state index is 0.443. The van der Waals surface area contributed by atoms with Crippen LogP contribution in [0.2, 0.25) is 5.02 Å². The molecule has 4 N–H and O–H groups in total. The van der Waals surface area contributed by atoms with Crippen molar-refractivity contribution in [2.45, 2.75) is 0 Å². The van der Waals surface area contributed by atoms with E-state index in [-0.39, 0.29) is 0 Å². The molecule has 15 heavy (non-hydrogen) atoms. The van der Waals surface area contributed by atoms with Crippen LogP contribution in [-0.4, -0.2) is 0 Å². The van der Waals surface area contributed by atoms with E-state index in [0.717, 1.165) is 11.1 Å². The molecule has 0 aliphatic heterocycles. The molecule has 0 unspecified atom stereocenters. The van der Waals surface area contributed by atoms with Gasteiger partial charge in [-0.1, -0.05) is 48.0 Å². The van der Waals surface area contributed by atoms with E-state index in [1.54, 1.807) is 6.07 Å². The summed E-state index contributed by atoms with van der Waals surface area (Å²) in [6.45, 7) is 0. The van der Waals surface area contributed by atoms with Crippen LogP contribution in [0.1, 0.15) is 0 Å². The molecule has 0 atom stereocenters. The zero-order chi connectivity index (χ0) is 10.8. The third-order valence-electron chi connectivity index (χ3n) is 2.32. The molecule has 2 rings (SSSR count). The van der Waals surface area contributed by atoms with Gasteiger partial charge in [-0.2, -0.15) is 0 Å². The van der Waals surface area contributed by atoms with Crippen LogP contribution in [-0.2, 0) is 0 Å². The molecule has 2 nitrogen and oxygen atoms in total. The summed E-state index contributed by atoms with van der Waals surface area (Å²) in [5.41, 5.74) is 14.6. The van der Waals surface area contributed by atoms with Crippen molar-refractivity contribution in [2.24, 2.45) is 0 Å². The lowest BCUT2D eigenvalue weighted by atomic mass is 10.0. The van der Waals surface area contributed by atoms with Crippen molar-refractivity contribution in [3.8, 4) is 11.1 Å². The normalized spacial score (nSPS) is 10.2. The summed E-state index contributed by atoms with van der Waals surface area (Å²) in [6.07, 6.45) is 0. The van der Waals surface area contributed by atoms with Crippen LogP contribution >= 0.6 is 11.6 Å². The predicted octanol–water partition coefficient (Wildman–Crippen LogP) is 3.17. The van der Waals surface area contributed by atoms with Crippen molar-refractivity contribution >= 4 is 23.0 Å². The monoisotopic (exact) mass is 218 g/mol. The fourth-order valence-electron chi connectivity index (χ4n) is 1.48. The average Bonchev–Trinajstić information content (AvgIpc) is 2.27. The largest absolute Gasteiger partial charge is 0.397 e. The number of halogens is 1. The van der Waals surface area contributed by atoms with Crippen LogP contribution in [0.3, 0.4) is 0 Å². The van der Waals surface area contributed by atoms with Gasteiger partial charge in [-0.15, -0.1) is 0 Å². The van der Waals surface area contributed by atoms with Crippen LogP contribution in [0.15, 0.2) is 42.5 Å². The molecule has 0 aliphatic carbocycles. The molecule has 3 heteroatoms. The lowest BCUT2D eigenvalue weighted by Crippen LogP contribution is -1.97. The quantitative estimate of drug-likeness (QED) is 0.723. The van der Waals surface area contributed by atoms with Gasteiger partial charge in [-0.25, -0.2) is 0 Å². The lowest BCUT2D eigenvalue weighted by Gasteiger charge is -2.09. The Morgan fingerprint density at radius 1 is 0.800 bits per heavy atom. The molecule has 0 radical (unpaired) electrons. The fourth-order valence-corrected chi connectivity index (χ4v) is 1.64. The minimum Gasteiger partial charge on any atom is -0.397 e. The Bertz CT molecular complexity index is 480. The van der Waals surface area contributed by atoms with E-state index in [4.69, 9.17) is 23.1 Å². The Balaban J connectivity index is 2.60. The molecule has 2 aromatic rings. The Labute approximate surface area is 93.5 Å². The molecule has 0 amide bonds. The molecule has 0 heterocycles. The molecule has 76 valence electrons. The van der Waals surface area contributed by atoms with E-state index in [1.165, 1.54) is 0 Å². The van der Waals surface area contributed by atoms with Crippen molar-refractivity contribution in [1.29, 1.82) is 0 Å². The smallest absolute Gasteiger partial charge is 0.0743 e. The van der Waals surface area contributed by atoms with Gasteiger partial charge in [0.15, 0.2) is 0 Å². The molecule has 0 bridgehead atoms. The van der Waals surface area contributed by atoms with Gasteiger partial charge in [-0.3, -0.25) is 0 Å². The van der Waals surface area contributed by atoms with Gasteiger partial charge in [0.2, 0.25) is 0 Å². The molecule has 0 fully saturated rings. The first kappa shape index (κ1) is 9.87. The van der Waals surface area contributed by atoms with Gasteiger partial charge in [0.25, 0.3) is 0 Å². The Morgan fingerprint density at radius 3 is 2.13 bits per heavy atom. The van der Waals surface area contributed by atoms with Crippen molar-refractivity contribution in [3.05, 3.63) is 47.5 Å². The minimum absolute atomic E-state index is 0.443. The topological polar surface area (TPSA) is 52.0 Å². The maximum Gasteiger partial charge on any atom is 0.0743 e. The standard InChI is InChI=1S/C12H11ClN2/c13-10-7-6-9(11(14)12(10)15)8-4-2-1-3-5-8/h1-7H,14-15H2. The summed E-state index contributed by atoms with van der Waals surface area (Å²) in [5.74, 6) is 0. The van der Waals surface area contributed by atoms with Crippen LogP contribution in [0.4, 0.5) is 11.4 Å². The number of hydrogen-bond acceptors (Lipinski definition) is 2. The molecule has 0 saturated carbocycles. The van der Waals surface area contributed by atoms with Gasteiger partial charge in [0, 0.05) is 5.56 Å². The van der Waals surface area contributed by atoms with Gasteiger partial charge in [-0.05, 0) is 11.6 Å². The second kappa shape index (κ2) is 3.83. The first-order valence-electron chi connectivity index (χ1n) is 4.59. The number of rotatable bonds is 1. The first-order chi connectivity index (χ1) is 7.20. The van der Waals surface area contributed by atoms with Crippen molar-refractivity contribution < 1.29 is 0 Å². The first-order valence-corrected chi connectivity index (χ1v) is 4.97. The van der Waals surface area contributed by atoms with E-state index >= 15 is 0 Å². The lowest BCUT2D eigenvalue weighted by molar-refractivity contribution is 1.60. The second-order valence-corrected chi connectivity index (χ2v) is 3.70. The van der Waals surface area contributed by atoms with Gasteiger partial charge < -0.3 is 11.5 Å². The van der Waals surface area contributed by atoms with E-state index in [1.807, 2.05) is 36.4 Å². The molecule has 0 spiro atoms. The maximum atomic E-state index is 5.91. The number of benzene rings is 2. The fraction of sp³-hybridized carbons (Fsp3) is 0. The predicted molar refractivity (Wildman–Crippen MR) is 65.7 cm³/mol. The number of anilines is 2. The third kappa shape index (κ3) is 1.76. The molecular weight excluding hydrogens is 208 g/mol. The van der Waals surface area contributed by atoms with Crippen LogP contribution in [0, 0.1) is 0 Å². The third-order valence-corrected chi connectivity index (χ3v) is 2.65. The number of nitrogens with two attached hydrogens (primary N) is 2. The second-order valence-electron chi connectivity index (χ2n) is 3.29. The summed E-state index contributed by atoms with van der Waals surface area (Å²) in [5, 5.41) is 0.493. The van der Waals surface area contributed by atoms with Crippen LogP contribution in [0.5, 0.6) is 0 Å². The molecule has 0 saturated heterocycles. The molecule has 0 aliphatic rings. The summed E-state index contributed by atoms with van der Waals surface area (Å²) < 4.78 is 0. The van der Waals surface area contributed by atoms with Crippen LogP contribution < -0.4 is 11.5 Å². The zero-order valence-corrected chi connectivity index (χ0v) is 8.83. The van der Waals surface area contributed by atoms with Crippen molar-refractivity contribution in [1.82, 2.24) is 0 Å². The van der Waals surface area contributed by atoms with E-state index in [0.29, 0.717) is 16.4 Å². The van der Waals surface area contributed by atoms with Crippen molar-refractivity contribution in [2.75, 3.05) is 11.5 Å². The van der Waals surface area contributed by atoms with Gasteiger partial charge in [0.1, 0.15) is 0 Å². The number of nitrogen functional groups attached to an aromatic ring is 2. The molecule has 0 aromatic heterocycles. The highest BCUT2D eigenvalue weighted by atomic mass is 35.5. The van der Waals surface area contributed by atoms with Crippen LogP contribution in [0.25, 0.3) is 11.1 Å². The van der Waals surface area contributed by atoms with Crippen molar-refractivity contribution in [3.63, 3.8) is 0 Å². The number of hydrogen-bond donors (Lipinski definition) is 2. The highest BCUT2D eigenvalue weighted by Crippen LogP contribution is 2.34. The summed E-state index contributed by atoms with van der Waals surface area (Å²) >= 11 is 5.87. The SMILES string of the molecule is Nc1c(Cl)ccc(-c2ccccc2)c1N. The molecule has 2 aromatic carbocycles. The van der Waals surface area contributed by atoms with E-state index in [9.17, 15) is 0 Å². The van der Waals surface area contributed by atoms with E-state index < -0.39 is 0 Å². The summed E-state index contributed by atoms with van der Waals surface area (Å²) in [4.78, 5) is 0. The highest BCUT2D eigenvalue weighted by molar-refractivity contribution is 6.34. The Hall–Kier alpha value is -1.67. The van der Waals surface area contributed by atoms with Gasteiger partial charge in [0.05, 0.1) is 16.4 Å². The summed E-state index contributed by atoms with van der Waals surface area (Å²) in [6, 6.07) is 13.5. The molecular formula is C12H11ClN2. The highest BCUT2D eigenvalue weighted by Gasteiger charge is 2.07. The summed E-state index contributed by atoms with van der Waals surface area (Å²) in [7, 11) is 0. The zero-order valence-electron chi connectivity index (χ0n) is 8.07. The van der Waals surface area contributed by atoms with Gasteiger partial charge >= 0.3 is 0 Å². The Kier molecular flexibility index (Phi) is 2.52.